The first kappa shape index (κ1) is 27.3. The normalized spacial score (nSPS) is 12.2. The molecular weight excluding hydrogens is 457 g/mol. The van der Waals surface area contributed by atoms with Crippen LogP contribution in [0, 0.1) is 19.7 Å². The molecule has 0 aromatic heterocycles. The van der Waals surface area contributed by atoms with Crippen LogP contribution in [0.25, 0.3) is 0 Å². The largest absolute Gasteiger partial charge is 0.357 e. The van der Waals surface area contributed by atoms with Crippen LogP contribution in [0.1, 0.15) is 42.9 Å². The van der Waals surface area contributed by atoms with Crippen molar-refractivity contribution in [2.75, 3.05) is 24.2 Å². The minimum Gasteiger partial charge on any atom is -0.357 e. The molecule has 34 heavy (non-hydrogen) atoms. The van der Waals surface area contributed by atoms with Crippen molar-refractivity contribution < 1.29 is 22.4 Å². The molecule has 0 aliphatic rings. The van der Waals surface area contributed by atoms with Gasteiger partial charge in [-0.25, -0.2) is 12.8 Å². The van der Waals surface area contributed by atoms with Crippen LogP contribution in [0.5, 0.6) is 0 Å². The maximum absolute atomic E-state index is 13.3. The Kier molecular flexibility index (Phi) is 9.61. The van der Waals surface area contributed by atoms with Crippen molar-refractivity contribution in [3.8, 4) is 0 Å². The van der Waals surface area contributed by atoms with Crippen LogP contribution in [0.2, 0.25) is 0 Å². The molecule has 2 aromatic carbocycles. The lowest BCUT2D eigenvalue weighted by Crippen LogP contribution is -2.48. The quantitative estimate of drug-likeness (QED) is 0.521. The number of sulfonamides is 1. The molecule has 0 saturated carbocycles. The minimum atomic E-state index is -3.56. The van der Waals surface area contributed by atoms with Crippen LogP contribution in [0.3, 0.4) is 0 Å². The first-order valence-corrected chi connectivity index (χ1v) is 13.1. The molecular formula is C25H34FN3O4S. The van der Waals surface area contributed by atoms with E-state index in [0.29, 0.717) is 17.7 Å². The number of carbonyl (C=O) groups is 2. The van der Waals surface area contributed by atoms with Crippen LogP contribution in [-0.2, 0) is 26.2 Å². The highest BCUT2D eigenvalue weighted by atomic mass is 32.2. The summed E-state index contributed by atoms with van der Waals surface area (Å²) >= 11 is 0. The van der Waals surface area contributed by atoms with Crippen LogP contribution in [-0.4, -0.2) is 51.0 Å². The number of aryl methyl sites for hydroxylation is 2. The van der Waals surface area contributed by atoms with Crippen molar-refractivity contribution in [1.29, 1.82) is 0 Å². The fourth-order valence-corrected chi connectivity index (χ4v) is 4.86. The number of hydrogen-bond acceptors (Lipinski definition) is 4. The average molecular weight is 492 g/mol. The highest BCUT2D eigenvalue weighted by Crippen LogP contribution is 2.25. The number of nitrogens with zero attached hydrogens (tertiary/aromatic N) is 2. The predicted molar refractivity (Wildman–Crippen MR) is 132 cm³/mol. The Bertz CT molecular complexity index is 1100. The molecule has 0 bridgehead atoms. The van der Waals surface area contributed by atoms with E-state index in [9.17, 15) is 22.4 Å². The Morgan fingerprint density at radius 3 is 2.29 bits per heavy atom. The molecule has 1 N–H and O–H groups in total. The van der Waals surface area contributed by atoms with Gasteiger partial charge in [0, 0.05) is 26.6 Å². The fourth-order valence-electron chi connectivity index (χ4n) is 3.84. The summed E-state index contributed by atoms with van der Waals surface area (Å²) in [6, 6.07) is 10.7. The second-order valence-corrected chi connectivity index (χ2v) is 10.3. The van der Waals surface area contributed by atoms with Gasteiger partial charge >= 0.3 is 0 Å². The van der Waals surface area contributed by atoms with Crippen molar-refractivity contribution in [2.24, 2.45) is 0 Å². The van der Waals surface area contributed by atoms with Gasteiger partial charge in [0.1, 0.15) is 11.9 Å². The third kappa shape index (κ3) is 7.28. The Balaban J connectivity index is 2.21. The summed E-state index contributed by atoms with van der Waals surface area (Å²) < 4.78 is 39.7. The molecule has 2 rings (SSSR count). The molecule has 0 aliphatic carbocycles. The average Bonchev–Trinajstić information content (AvgIpc) is 2.78. The van der Waals surface area contributed by atoms with E-state index in [2.05, 4.69) is 5.32 Å². The number of rotatable bonds is 11. The monoisotopic (exact) mass is 491 g/mol. The van der Waals surface area contributed by atoms with Crippen molar-refractivity contribution in [3.05, 3.63) is 65.0 Å². The van der Waals surface area contributed by atoms with Crippen LogP contribution in [0.4, 0.5) is 10.1 Å². The third-order valence-corrected chi connectivity index (χ3v) is 6.86. The summed E-state index contributed by atoms with van der Waals surface area (Å²) in [5.74, 6) is -0.937. The van der Waals surface area contributed by atoms with E-state index in [-0.39, 0.29) is 43.6 Å². The maximum atomic E-state index is 13.3. The molecule has 1 unspecified atom stereocenters. The van der Waals surface area contributed by atoms with E-state index in [1.54, 1.807) is 12.1 Å². The van der Waals surface area contributed by atoms with E-state index in [1.807, 2.05) is 39.0 Å². The molecule has 0 fully saturated rings. The highest BCUT2D eigenvalue weighted by Gasteiger charge is 2.28. The highest BCUT2D eigenvalue weighted by molar-refractivity contribution is 7.92. The van der Waals surface area contributed by atoms with E-state index in [4.69, 9.17) is 0 Å². The number of nitrogens with one attached hydrogen (secondary N) is 1. The van der Waals surface area contributed by atoms with Gasteiger partial charge in [-0.1, -0.05) is 31.2 Å². The molecule has 2 amide bonds. The number of halogens is 1. The summed E-state index contributed by atoms with van der Waals surface area (Å²) in [5.41, 5.74) is 3.05. The van der Waals surface area contributed by atoms with Gasteiger partial charge in [-0.05, 0) is 61.6 Å². The van der Waals surface area contributed by atoms with Gasteiger partial charge < -0.3 is 10.2 Å². The minimum absolute atomic E-state index is 0.0611. The second-order valence-electron chi connectivity index (χ2n) is 8.42. The van der Waals surface area contributed by atoms with E-state index in [1.165, 1.54) is 28.4 Å². The standard InChI is InChI=1S/C25H34FN3O4S/c1-6-22(25(31)27-4)28(17-20-11-13-21(26)14-12-20)24(30)8-7-15-29(34(5,32)33)23-16-18(2)9-10-19(23)3/h9-14,16,22H,6-8,15,17H2,1-5H3,(H,27,31). The first-order valence-electron chi connectivity index (χ1n) is 11.3. The van der Waals surface area contributed by atoms with Crippen molar-refractivity contribution in [3.63, 3.8) is 0 Å². The van der Waals surface area contributed by atoms with Gasteiger partial charge in [-0.3, -0.25) is 13.9 Å². The maximum Gasteiger partial charge on any atom is 0.242 e. The van der Waals surface area contributed by atoms with Crippen LogP contribution < -0.4 is 9.62 Å². The van der Waals surface area contributed by atoms with E-state index >= 15 is 0 Å². The molecule has 0 radical (unpaired) electrons. The molecule has 0 spiro atoms. The van der Waals surface area contributed by atoms with Gasteiger partial charge in [0.15, 0.2) is 0 Å². The Morgan fingerprint density at radius 2 is 1.74 bits per heavy atom. The number of benzene rings is 2. The molecule has 1 atom stereocenters. The van der Waals surface area contributed by atoms with Crippen LogP contribution in [0.15, 0.2) is 42.5 Å². The van der Waals surface area contributed by atoms with Crippen molar-refractivity contribution in [2.45, 2.75) is 52.6 Å². The zero-order chi connectivity index (χ0) is 25.5. The lowest BCUT2D eigenvalue weighted by molar-refractivity contribution is -0.141. The summed E-state index contributed by atoms with van der Waals surface area (Å²) in [5, 5.41) is 2.59. The number of likely N-dealkylation sites (N-methyl/N-ethyl adjacent to an activating group) is 1. The number of anilines is 1. The van der Waals surface area contributed by atoms with Crippen molar-refractivity contribution in [1.82, 2.24) is 10.2 Å². The second kappa shape index (κ2) is 12.0. The number of amides is 2. The molecule has 2 aromatic rings. The van der Waals surface area contributed by atoms with Gasteiger partial charge in [0.05, 0.1) is 11.9 Å². The molecule has 0 heterocycles. The topological polar surface area (TPSA) is 86.8 Å². The van der Waals surface area contributed by atoms with Crippen LogP contribution >= 0.6 is 0 Å². The lowest BCUT2D eigenvalue weighted by atomic mass is 10.1. The van der Waals surface area contributed by atoms with Gasteiger partial charge in [-0.15, -0.1) is 0 Å². The predicted octanol–water partition coefficient (Wildman–Crippen LogP) is 3.54. The zero-order valence-electron chi connectivity index (χ0n) is 20.5. The summed E-state index contributed by atoms with van der Waals surface area (Å²) in [4.78, 5) is 27.2. The van der Waals surface area contributed by atoms with Gasteiger partial charge in [0.25, 0.3) is 0 Å². The lowest BCUT2D eigenvalue weighted by Gasteiger charge is -2.31. The Labute approximate surface area is 202 Å². The van der Waals surface area contributed by atoms with E-state index in [0.717, 1.165) is 17.4 Å². The SMILES string of the molecule is CCC(C(=O)NC)N(Cc1ccc(F)cc1)C(=O)CCCN(c1cc(C)ccc1C)S(C)(=O)=O. The van der Waals surface area contributed by atoms with E-state index < -0.39 is 16.1 Å². The smallest absolute Gasteiger partial charge is 0.242 e. The zero-order valence-corrected chi connectivity index (χ0v) is 21.3. The van der Waals surface area contributed by atoms with Gasteiger partial charge in [0.2, 0.25) is 21.8 Å². The Morgan fingerprint density at radius 1 is 1.09 bits per heavy atom. The third-order valence-electron chi connectivity index (χ3n) is 5.68. The first-order chi connectivity index (χ1) is 16.0. The number of carbonyl (C=O) groups excluding carboxylic acids is 2. The molecule has 9 heteroatoms. The Hall–Kier alpha value is -2.94. The van der Waals surface area contributed by atoms with Crippen molar-refractivity contribution >= 4 is 27.5 Å². The summed E-state index contributed by atoms with van der Waals surface area (Å²) in [6.45, 7) is 5.84. The summed E-state index contributed by atoms with van der Waals surface area (Å²) in [7, 11) is -2.04. The summed E-state index contributed by atoms with van der Waals surface area (Å²) in [6.07, 6.45) is 1.90. The molecule has 7 nitrogen and oxygen atoms in total. The molecule has 0 aliphatic heterocycles. The molecule has 186 valence electrons. The fraction of sp³-hybridized carbons (Fsp3) is 0.440. The van der Waals surface area contributed by atoms with Gasteiger partial charge in [-0.2, -0.15) is 0 Å². The molecule has 0 saturated heterocycles. The number of hydrogen-bond donors (Lipinski definition) is 1.